The smallest absolute Gasteiger partial charge is 0.437 e. The predicted octanol–water partition coefficient (Wildman–Crippen LogP) is 3.46. The number of hydrogen-bond donors (Lipinski definition) is 3. The second-order valence-electron chi connectivity index (χ2n) is 6.80. The van der Waals surface area contributed by atoms with E-state index in [1.54, 1.807) is 0 Å². The third-order valence-electron chi connectivity index (χ3n) is 4.98. The molecule has 1 aliphatic heterocycles. The first-order valence-electron chi connectivity index (χ1n) is 8.91. The lowest BCUT2D eigenvalue weighted by molar-refractivity contribution is -0.287. The molecule has 0 radical (unpaired) electrons. The number of aliphatic hydroxyl groups is 1. The van der Waals surface area contributed by atoms with Crippen molar-refractivity contribution in [3.8, 4) is 11.5 Å². The number of amides is 2. The van der Waals surface area contributed by atoms with Gasteiger partial charge in [0.05, 0.1) is 20.3 Å². The number of halogens is 4. The number of methoxy groups -OCH3 is 2. The van der Waals surface area contributed by atoms with E-state index in [4.69, 9.17) is 21.1 Å². The molecule has 1 aliphatic rings. The van der Waals surface area contributed by atoms with Crippen molar-refractivity contribution in [3.63, 3.8) is 0 Å². The molecule has 2 aromatic carbocycles. The van der Waals surface area contributed by atoms with Crippen LogP contribution in [0.15, 0.2) is 42.5 Å². The summed E-state index contributed by atoms with van der Waals surface area (Å²) in [6.45, 7) is 0. The third kappa shape index (κ3) is 4.13. The van der Waals surface area contributed by atoms with Crippen molar-refractivity contribution in [2.45, 2.75) is 17.9 Å². The number of rotatable bonds is 5. The van der Waals surface area contributed by atoms with Crippen LogP contribution in [-0.4, -0.2) is 43.0 Å². The molecule has 0 saturated carbocycles. The lowest BCUT2D eigenvalue weighted by atomic mass is 9.77. The molecule has 0 spiro atoms. The normalized spacial score (nSPS) is 23.5. The predicted molar refractivity (Wildman–Crippen MR) is 104 cm³/mol. The van der Waals surface area contributed by atoms with Crippen LogP contribution in [0.3, 0.4) is 0 Å². The van der Waals surface area contributed by atoms with Gasteiger partial charge in [0.2, 0.25) is 5.72 Å². The van der Waals surface area contributed by atoms with Crippen molar-refractivity contribution < 1.29 is 37.3 Å². The molecule has 166 valence electrons. The standard InChI is InChI=1S/C20H18ClF3N2O5/c1-30-13-8-5-11(9-14(13)31-2)16-15(17(27)10-3-6-12(21)7-4-10)19(29,20(22,23)24)26-18(28)25-16/h3-9,15-16,29H,1-2H3,(H2,25,26,28)/t15-,16-,19+/m0/s1. The SMILES string of the molecule is COc1ccc([C@@H]2NC(=O)N[C@](O)(C(F)(F)F)[C@@H]2C(=O)c2ccc(Cl)cc2)cc1OC. The van der Waals surface area contributed by atoms with Gasteiger partial charge in [-0.15, -0.1) is 0 Å². The molecule has 11 heteroatoms. The first-order chi connectivity index (χ1) is 14.5. The fourth-order valence-corrected chi connectivity index (χ4v) is 3.58. The van der Waals surface area contributed by atoms with E-state index in [0.717, 1.165) is 0 Å². The van der Waals surface area contributed by atoms with E-state index in [2.05, 4.69) is 5.32 Å². The summed E-state index contributed by atoms with van der Waals surface area (Å²) >= 11 is 5.80. The van der Waals surface area contributed by atoms with Gasteiger partial charge in [-0.1, -0.05) is 17.7 Å². The Bertz CT molecular complexity index is 999. The van der Waals surface area contributed by atoms with Crippen LogP contribution in [0, 0.1) is 5.92 Å². The zero-order valence-corrected chi connectivity index (χ0v) is 17.0. The first-order valence-corrected chi connectivity index (χ1v) is 9.29. The molecule has 1 fully saturated rings. The highest BCUT2D eigenvalue weighted by molar-refractivity contribution is 6.30. The highest BCUT2D eigenvalue weighted by Crippen LogP contribution is 2.45. The summed E-state index contributed by atoms with van der Waals surface area (Å²) in [4.78, 5) is 25.3. The molecule has 2 amide bonds. The Balaban J connectivity index is 2.18. The van der Waals surface area contributed by atoms with Crippen LogP contribution >= 0.6 is 11.6 Å². The minimum atomic E-state index is -5.35. The van der Waals surface area contributed by atoms with Gasteiger partial charge in [0.1, 0.15) is 5.92 Å². The minimum absolute atomic E-state index is 0.0995. The fourth-order valence-electron chi connectivity index (χ4n) is 3.46. The van der Waals surface area contributed by atoms with E-state index < -0.39 is 35.7 Å². The summed E-state index contributed by atoms with van der Waals surface area (Å²) < 4.78 is 52.1. The quantitative estimate of drug-likeness (QED) is 0.596. The lowest BCUT2D eigenvalue weighted by Gasteiger charge is -2.45. The van der Waals surface area contributed by atoms with Gasteiger partial charge in [-0.3, -0.25) is 4.79 Å². The number of alkyl halides is 3. The summed E-state index contributed by atoms with van der Waals surface area (Å²) in [5.41, 5.74) is -3.85. The van der Waals surface area contributed by atoms with E-state index in [9.17, 15) is 27.9 Å². The van der Waals surface area contributed by atoms with Gasteiger partial charge in [0.25, 0.3) is 0 Å². The summed E-state index contributed by atoms with van der Waals surface area (Å²) in [7, 11) is 2.70. The average Bonchev–Trinajstić information content (AvgIpc) is 2.72. The number of ether oxygens (including phenoxy) is 2. The van der Waals surface area contributed by atoms with E-state index in [-0.39, 0.29) is 27.6 Å². The van der Waals surface area contributed by atoms with Crippen molar-refractivity contribution >= 4 is 23.4 Å². The van der Waals surface area contributed by atoms with Crippen LogP contribution in [0.5, 0.6) is 11.5 Å². The number of carbonyl (C=O) groups excluding carboxylic acids is 2. The topological polar surface area (TPSA) is 96.9 Å². The molecule has 0 unspecified atom stereocenters. The van der Waals surface area contributed by atoms with Gasteiger partial charge >= 0.3 is 12.2 Å². The Kier molecular flexibility index (Phi) is 6.06. The van der Waals surface area contributed by atoms with Crippen LogP contribution in [0.1, 0.15) is 22.0 Å². The van der Waals surface area contributed by atoms with E-state index in [0.29, 0.717) is 0 Å². The molecule has 2 aromatic rings. The molecule has 3 N–H and O–H groups in total. The van der Waals surface area contributed by atoms with Crippen LogP contribution in [-0.2, 0) is 0 Å². The fraction of sp³-hybridized carbons (Fsp3) is 0.300. The second kappa shape index (κ2) is 8.27. The molecule has 3 atom stereocenters. The molecule has 1 saturated heterocycles. The molecular formula is C20H18ClF3N2O5. The zero-order chi connectivity index (χ0) is 23.0. The Labute approximate surface area is 180 Å². The maximum absolute atomic E-state index is 13.9. The Morgan fingerprint density at radius 3 is 2.26 bits per heavy atom. The molecule has 7 nitrogen and oxygen atoms in total. The molecule has 0 aromatic heterocycles. The molecule has 3 rings (SSSR count). The van der Waals surface area contributed by atoms with Crippen LogP contribution in [0.4, 0.5) is 18.0 Å². The lowest BCUT2D eigenvalue weighted by Crippen LogP contribution is -2.72. The monoisotopic (exact) mass is 458 g/mol. The molecule has 1 heterocycles. The highest BCUT2D eigenvalue weighted by atomic mass is 35.5. The number of nitrogens with one attached hydrogen (secondary N) is 2. The third-order valence-corrected chi connectivity index (χ3v) is 5.24. The van der Waals surface area contributed by atoms with Crippen LogP contribution < -0.4 is 20.1 Å². The summed E-state index contributed by atoms with van der Waals surface area (Å²) in [5.74, 6) is -2.76. The van der Waals surface area contributed by atoms with Crippen molar-refractivity contribution in [1.82, 2.24) is 10.6 Å². The van der Waals surface area contributed by atoms with E-state index in [1.807, 2.05) is 0 Å². The number of benzene rings is 2. The maximum Gasteiger partial charge on any atom is 0.437 e. The Morgan fingerprint density at radius 2 is 1.71 bits per heavy atom. The van der Waals surface area contributed by atoms with Gasteiger partial charge in [0, 0.05) is 10.6 Å². The van der Waals surface area contributed by atoms with Crippen LogP contribution in [0.25, 0.3) is 0 Å². The van der Waals surface area contributed by atoms with E-state index in [1.165, 1.54) is 62.0 Å². The van der Waals surface area contributed by atoms with Gasteiger partial charge in [-0.2, -0.15) is 13.2 Å². The second-order valence-corrected chi connectivity index (χ2v) is 7.24. The van der Waals surface area contributed by atoms with Gasteiger partial charge < -0.3 is 25.2 Å². The Morgan fingerprint density at radius 1 is 1.10 bits per heavy atom. The number of ketones is 1. The number of Topliss-reactive ketones (excluding diaryl/α,β-unsaturated/α-hetero) is 1. The maximum atomic E-state index is 13.9. The Hall–Kier alpha value is -2.98. The summed E-state index contributed by atoms with van der Waals surface area (Å²) in [5, 5.41) is 14.6. The van der Waals surface area contributed by atoms with Crippen LogP contribution in [0.2, 0.25) is 5.02 Å². The average molecular weight is 459 g/mol. The number of carbonyl (C=O) groups is 2. The van der Waals surface area contributed by atoms with Gasteiger partial charge in [-0.25, -0.2) is 4.79 Å². The van der Waals surface area contributed by atoms with Gasteiger partial charge in [0.15, 0.2) is 17.3 Å². The first kappa shape index (κ1) is 22.7. The van der Waals surface area contributed by atoms with Gasteiger partial charge in [-0.05, 0) is 42.0 Å². The van der Waals surface area contributed by atoms with Crippen molar-refractivity contribution in [2.24, 2.45) is 5.92 Å². The molecule has 31 heavy (non-hydrogen) atoms. The zero-order valence-electron chi connectivity index (χ0n) is 16.3. The largest absolute Gasteiger partial charge is 0.493 e. The van der Waals surface area contributed by atoms with Crippen molar-refractivity contribution in [3.05, 3.63) is 58.6 Å². The number of urea groups is 1. The van der Waals surface area contributed by atoms with Crippen molar-refractivity contribution in [2.75, 3.05) is 14.2 Å². The summed E-state index contributed by atoms with van der Waals surface area (Å²) in [6, 6.07) is 6.43. The molecule has 0 bridgehead atoms. The van der Waals surface area contributed by atoms with Crippen molar-refractivity contribution in [1.29, 1.82) is 0 Å². The highest BCUT2D eigenvalue weighted by Gasteiger charge is 2.66. The number of hydrogen-bond acceptors (Lipinski definition) is 5. The molecular weight excluding hydrogens is 441 g/mol. The molecule has 0 aliphatic carbocycles. The summed E-state index contributed by atoms with van der Waals surface area (Å²) in [6.07, 6.45) is -5.35. The van der Waals surface area contributed by atoms with E-state index >= 15 is 0 Å². The minimum Gasteiger partial charge on any atom is -0.493 e.